The molecule has 1 saturated heterocycles. The predicted octanol–water partition coefficient (Wildman–Crippen LogP) is 1.22. The molecular weight excluding hydrogens is 308 g/mol. The Balaban J connectivity index is 1.99. The van der Waals surface area contributed by atoms with Gasteiger partial charge in [0.05, 0.1) is 13.2 Å². The first-order valence-corrected chi connectivity index (χ1v) is 8.95. The molecule has 0 radical (unpaired) electrons. The monoisotopic (exact) mass is 330 g/mol. The Morgan fingerprint density at radius 1 is 1.27 bits per heavy atom. The van der Waals surface area contributed by atoms with Crippen LogP contribution in [0.3, 0.4) is 0 Å². The predicted molar refractivity (Wildman–Crippen MR) is 80.1 cm³/mol. The second kappa shape index (κ2) is 7.75. The molecule has 1 aromatic rings. The van der Waals surface area contributed by atoms with Crippen molar-refractivity contribution in [1.82, 2.24) is 9.62 Å². The van der Waals surface area contributed by atoms with Crippen LogP contribution in [0.1, 0.15) is 36.7 Å². The molecular formula is C14H22N2O5S. The lowest BCUT2D eigenvalue weighted by atomic mass is 10.2. The molecule has 0 aliphatic carbocycles. The maximum atomic E-state index is 12.4. The van der Waals surface area contributed by atoms with E-state index in [0.717, 1.165) is 19.3 Å². The van der Waals surface area contributed by atoms with E-state index in [1.807, 2.05) is 0 Å². The van der Waals surface area contributed by atoms with Crippen molar-refractivity contribution in [2.24, 2.45) is 0 Å². The Hall–Kier alpha value is -1.38. The molecule has 0 bridgehead atoms. The highest BCUT2D eigenvalue weighted by molar-refractivity contribution is 7.89. The summed E-state index contributed by atoms with van der Waals surface area (Å²) in [7, 11) is -3.70. The van der Waals surface area contributed by atoms with Crippen LogP contribution in [0.15, 0.2) is 21.6 Å². The van der Waals surface area contributed by atoms with Gasteiger partial charge in [-0.15, -0.1) is 0 Å². The molecule has 1 aliphatic heterocycles. The number of nitrogens with one attached hydrogen (secondary N) is 1. The van der Waals surface area contributed by atoms with E-state index >= 15 is 0 Å². The zero-order valence-corrected chi connectivity index (χ0v) is 13.5. The normalized spacial score (nSPS) is 16.6. The number of unbranched alkanes of at least 4 members (excludes halogenated alkanes) is 2. The SMILES string of the molecule is CCCCCNC(=O)c1ccc(S(=O)(=O)N2CCOCC2)o1. The Labute approximate surface area is 130 Å². The first-order valence-electron chi connectivity index (χ1n) is 7.51. The van der Waals surface area contributed by atoms with E-state index in [9.17, 15) is 13.2 Å². The molecule has 0 saturated carbocycles. The topological polar surface area (TPSA) is 88.9 Å². The Morgan fingerprint density at radius 2 is 2.00 bits per heavy atom. The van der Waals surface area contributed by atoms with E-state index in [1.165, 1.54) is 16.4 Å². The number of rotatable bonds is 7. The van der Waals surface area contributed by atoms with Crippen molar-refractivity contribution in [2.75, 3.05) is 32.8 Å². The number of hydrogen-bond donors (Lipinski definition) is 1. The highest BCUT2D eigenvalue weighted by atomic mass is 32.2. The lowest BCUT2D eigenvalue weighted by Gasteiger charge is -2.24. The van der Waals surface area contributed by atoms with Gasteiger partial charge in [-0.2, -0.15) is 4.31 Å². The van der Waals surface area contributed by atoms with Crippen LogP contribution < -0.4 is 5.32 Å². The molecule has 0 unspecified atom stereocenters. The lowest BCUT2D eigenvalue weighted by Crippen LogP contribution is -2.40. The number of hydrogen-bond acceptors (Lipinski definition) is 5. The Morgan fingerprint density at radius 3 is 2.68 bits per heavy atom. The van der Waals surface area contributed by atoms with E-state index in [2.05, 4.69) is 12.2 Å². The minimum absolute atomic E-state index is 0.0170. The molecule has 22 heavy (non-hydrogen) atoms. The highest BCUT2D eigenvalue weighted by Crippen LogP contribution is 2.19. The van der Waals surface area contributed by atoms with Crippen molar-refractivity contribution in [3.05, 3.63) is 17.9 Å². The molecule has 1 aromatic heterocycles. The number of carbonyl (C=O) groups excluding carboxylic acids is 1. The van der Waals surface area contributed by atoms with Gasteiger partial charge in [-0.05, 0) is 18.6 Å². The molecule has 8 heteroatoms. The molecule has 0 spiro atoms. The second-order valence-corrected chi connectivity index (χ2v) is 6.97. The van der Waals surface area contributed by atoms with Gasteiger partial charge in [0.25, 0.3) is 15.9 Å². The van der Waals surface area contributed by atoms with Crippen molar-refractivity contribution in [1.29, 1.82) is 0 Å². The van der Waals surface area contributed by atoms with Gasteiger partial charge < -0.3 is 14.5 Å². The van der Waals surface area contributed by atoms with Crippen molar-refractivity contribution >= 4 is 15.9 Å². The fraction of sp³-hybridized carbons (Fsp3) is 0.643. The van der Waals surface area contributed by atoms with Gasteiger partial charge >= 0.3 is 0 Å². The number of furan rings is 1. The van der Waals surface area contributed by atoms with Crippen molar-refractivity contribution in [2.45, 2.75) is 31.3 Å². The summed E-state index contributed by atoms with van der Waals surface area (Å²) in [5, 5.41) is 2.52. The van der Waals surface area contributed by atoms with Crippen LogP contribution in [0.4, 0.5) is 0 Å². The third-order valence-corrected chi connectivity index (χ3v) is 5.21. The summed E-state index contributed by atoms with van der Waals surface area (Å²) in [5.41, 5.74) is 0. The van der Waals surface area contributed by atoms with Crippen LogP contribution in [0.25, 0.3) is 0 Å². The second-order valence-electron chi connectivity index (χ2n) is 5.10. The van der Waals surface area contributed by atoms with Crippen molar-refractivity contribution in [3.8, 4) is 0 Å². The molecule has 1 N–H and O–H groups in total. The minimum Gasteiger partial charge on any atom is -0.438 e. The Kier molecular flexibility index (Phi) is 5.98. The Bertz CT molecular complexity index is 590. The van der Waals surface area contributed by atoms with E-state index in [0.29, 0.717) is 32.8 Å². The number of carbonyl (C=O) groups is 1. The van der Waals surface area contributed by atoms with E-state index in [-0.39, 0.29) is 16.8 Å². The number of amides is 1. The summed E-state index contributed by atoms with van der Waals surface area (Å²) >= 11 is 0. The molecule has 1 fully saturated rings. The summed E-state index contributed by atoms with van der Waals surface area (Å²) in [6, 6.07) is 2.72. The van der Waals surface area contributed by atoms with Gasteiger partial charge in [0.2, 0.25) is 5.09 Å². The summed E-state index contributed by atoms with van der Waals surface area (Å²) in [6.07, 6.45) is 3.00. The smallest absolute Gasteiger partial charge is 0.287 e. The van der Waals surface area contributed by atoms with Crippen molar-refractivity contribution in [3.63, 3.8) is 0 Å². The first-order chi connectivity index (χ1) is 10.6. The van der Waals surface area contributed by atoms with Crippen LogP contribution >= 0.6 is 0 Å². The molecule has 2 rings (SSSR count). The standard InChI is InChI=1S/C14H22N2O5S/c1-2-3-4-7-15-14(17)12-5-6-13(21-12)22(18,19)16-8-10-20-11-9-16/h5-6H,2-4,7-11H2,1H3,(H,15,17). The third-order valence-electron chi connectivity index (χ3n) is 3.44. The van der Waals surface area contributed by atoms with E-state index < -0.39 is 10.0 Å². The molecule has 7 nitrogen and oxygen atoms in total. The quantitative estimate of drug-likeness (QED) is 0.759. The zero-order chi connectivity index (χ0) is 16.0. The number of nitrogens with zero attached hydrogens (tertiary/aromatic N) is 1. The van der Waals surface area contributed by atoms with Crippen LogP contribution in [0.5, 0.6) is 0 Å². The van der Waals surface area contributed by atoms with Gasteiger partial charge in [0, 0.05) is 19.6 Å². The fourth-order valence-corrected chi connectivity index (χ4v) is 3.48. The van der Waals surface area contributed by atoms with Crippen LogP contribution in [-0.4, -0.2) is 51.5 Å². The number of ether oxygens (including phenoxy) is 1. The van der Waals surface area contributed by atoms with Gasteiger partial charge in [0.1, 0.15) is 0 Å². The largest absolute Gasteiger partial charge is 0.438 e. The van der Waals surface area contributed by atoms with Gasteiger partial charge in [-0.3, -0.25) is 4.79 Å². The average molecular weight is 330 g/mol. The van der Waals surface area contributed by atoms with Crippen LogP contribution in [0.2, 0.25) is 0 Å². The molecule has 1 amide bonds. The molecule has 1 aliphatic rings. The lowest BCUT2D eigenvalue weighted by molar-refractivity contribution is 0.0722. The fourth-order valence-electron chi connectivity index (χ4n) is 2.16. The highest BCUT2D eigenvalue weighted by Gasteiger charge is 2.29. The number of sulfonamides is 1. The van der Waals surface area contributed by atoms with Gasteiger partial charge in [-0.25, -0.2) is 8.42 Å². The van der Waals surface area contributed by atoms with Gasteiger partial charge in [-0.1, -0.05) is 19.8 Å². The number of morpholine rings is 1. The maximum Gasteiger partial charge on any atom is 0.287 e. The third kappa shape index (κ3) is 4.08. The van der Waals surface area contributed by atoms with Crippen LogP contribution in [0, 0.1) is 0 Å². The summed E-state index contributed by atoms with van der Waals surface area (Å²) in [4.78, 5) is 11.9. The van der Waals surface area contributed by atoms with Gasteiger partial charge in [0.15, 0.2) is 5.76 Å². The maximum absolute atomic E-state index is 12.4. The summed E-state index contributed by atoms with van der Waals surface area (Å²) in [6.45, 7) is 3.95. The van der Waals surface area contributed by atoms with E-state index in [4.69, 9.17) is 9.15 Å². The van der Waals surface area contributed by atoms with E-state index in [1.54, 1.807) is 0 Å². The first kappa shape index (κ1) is 17.0. The zero-order valence-electron chi connectivity index (χ0n) is 12.7. The summed E-state index contributed by atoms with van der Waals surface area (Å²) < 4.78 is 36.4. The molecule has 124 valence electrons. The molecule has 2 heterocycles. The molecule has 0 aromatic carbocycles. The molecule has 0 atom stereocenters. The van der Waals surface area contributed by atoms with Crippen molar-refractivity contribution < 1.29 is 22.4 Å². The van der Waals surface area contributed by atoms with Crippen LogP contribution in [-0.2, 0) is 14.8 Å². The average Bonchev–Trinajstić information content (AvgIpc) is 3.03. The summed E-state index contributed by atoms with van der Waals surface area (Å²) in [5.74, 6) is -0.372. The minimum atomic E-state index is -3.70.